The van der Waals surface area contributed by atoms with E-state index in [1.165, 1.54) is 6.07 Å². The highest BCUT2D eigenvalue weighted by molar-refractivity contribution is 5.45. The van der Waals surface area contributed by atoms with E-state index < -0.39 is 17.4 Å². The smallest absolute Gasteiger partial charge is 0.202 e. The number of aromatic hydroxyl groups is 1. The summed E-state index contributed by atoms with van der Waals surface area (Å²) in [7, 11) is 0. The summed E-state index contributed by atoms with van der Waals surface area (Å²) in [6.45, 7) is 0.769. The molecule has 0 saturated carbocycles. The fraction of sp³-hybridized carbons (Fsp3) is 0.364. The number of benzene rings is 1. The molecule has 0 aliphatic carbocycles. The van der Waals surface area contributed by atoms with E-state index in [1.807, 2.05) is 0 Å². The Morgan fingerprint density at radius 1 is 1.44 bits per heavy atom. The molecule has 0 aromatic heterocycles. The summed E-state index contributed by atoms with van der Waals surface area (Å²) in [5.74, 6) is -3.33. The molecule has 84 valence electrons. The number of nitrogens with one attached hydrogen (secondary N) is 1. The molecule has 16 heavy (non-hydrogen) atoms. The summed E-state index contributed by atoms with van der Waals surface area (Å²) < 4.78 is 26.4. The van der Waals surface area contributed by atoms with Crippen LogP contribution in [-0.4, -0.2) is 11.7 Å². The minimum Gasteiger partial charge on any atom is -0.505 e. The second-order valence-corrected chi connectivity index (χ2v) is 3.75. The Kier molecular flexibility index (Phi) is 2.75. The first-order valence-corrected chi connectivity index (χ1v) is 4.99. The maximum atomic E-state index is 13.3. The SMILES string of the molecule is N#Cc1cc([C@@H]2CCCN2)c(O)c(F)c1F. The summed E-state index contributed by atoms with van der Waals surface area (Å²) in [5.41, 5.74) is -0.119. The maximum Gasteiger partial charge on any atom is 0.202 e. The Balaban J connectivity index is 2.53. The Hall–Kier alpha value is -1.67. The first-order chi connectivity index (χ1) is 7.65. The van der Waals surface area contributed by atoms with Crippen molar-refractivity contribution in [2.24, 2.45) is 0 Å². The van der Waals surface area contributed by atoms with E-state index in [0.29, 0.717) is 0 Å². The standard InChI is InChI=1S/C11H10F2N2O/c12-9-6(5-14)4-7(11(16)10(9)13)8-2-1-3-15-8/h4,8,15-16H,1-3H2/t8-/m0/s1. The molecule has 1 fully saturated rings. The molecule has 0 radical (unpaired) electrons. The van der Waals surface area contributed by atoms with Gasteiger partial charge in [0.1, 0.15) is 6.07 Å². The average Bonchev–Trinajstić information content (AvgIpc) is 2.80. The number of phenolic OH excluding ortho intramolecular Hbond substituents is 1. The molecule has 1 aliphatic rings. The predicted molar refractivity (Wildman–Crippen MR) is 52.7 cm³/mol. The number of halogens is 2. The summed E-state index contributed by atoms with van der Waals surface area (Å²) in [6.07, 6.45) is 1.65. The van der Waals surface area contributed by atoms with Gasteiger partial charge in [-0.05, 0) is 25.5 Å². The van der Waals surface area contributed by atoms with Crippen molar-refractivity contribution in [1.82, 2.24) is 5.32 Å². The zero-order chi connectivity index (χ0) is 11.7. The monoisotopic (exact) mass is 224 g/mol. The van der Waals surface area contributed by atoms with Crippen molar-refractivity contribution in [2.45, 2.75) is 18.9 Å². The molecule has 1 atom stereocenters. The van der Waals surface area contributed by atoms with E-state index in [-0.39, 0.29) is 17.2 Å². The molecule has 1 heterocycles. The van der Waals surface area contributed by atoms with Gasteiger partial charge in [0.25, 0.3) is 0 Å². The fourth-order valence-electron chi connectivity index (χ4n) is 1.93. The predicted octanol–water partition coefficient (Wildman–Crippen LogP) is 1.97. The quantitative estimate of drug-likeness (QED) is 0.766. The first kappa shape index (κ1) is 10.8. The van der Waals surface area contributed by atoms with Crippen LogP contribution in [0.2, 0.25) is 0 Å². The van der Waals surface area contributed by atoms with E-state index in [0.717, 1.165) is 19.4 Å². The third-order valence-electron chi connectivity index (χ3n) is 2.77. The van der Waals surface area contributed by atoms with Crippen LogP contribution in [0.4, 0.5) is 8.78 Å². The second kappa shape index (κ2) is 4.06. The van der Waals surface area contributed by atoms with Crippen LogP contribution in [0.1, 0.15) is 30.0 Å². The molecule has 1 saturated heterocycles. The third kappa shape index (κ3) is 1.61. The highest BCUT2D eigenvalue weighted by Crippen LogP contribution is 2.34. The van der Waals surface area contributed by atoms with Crippen molar-refractivity contribution in [1.29, 1.82) is 5.26 Å². The molecule has 0 spiro atoms. The van der Waals surface area contributed by atoms with E-state index in [1.54, 1.807) is 6.07 Å². The third-order valence-corrected chi connectivity index (χ3v) is 2.77. The van der Waals surface area contributed by atoms with Gasteiger partial charge < -0.3 is 10.4 Å². The lowest BCUT2D eigenvalue weighted by atomic mass is 10.0. The van der Waals surface area contributed by atoms with E-state index >= 15 is 0 Å². The normalized spacial score (nSPS) is 19.7. The summed E-state index contributed by atoms with van der Waals surface area (Å²) in [6, 6.07) is 2.57. The van der Waals surface area contributed by atoms with Gasteiger partial charge in [-0.25, -0.2) is 4.39 Å². The minimum atomic E-state index is -1.34. The lowest BCUT2D eigenvalue weighted by molar-refractivity contribution is 0.394. The summed E-state index contributed by atoms with van der Waals surface area (Å²) in [4.78, 5) is 0. The summed E-state index contributed by atoms with van der Waals surface area (Å²) >= 11 is 0. The summed E-state index contributed by atoms with van der Waals surface area (Å²) in [5, 5.41) is 21.2. The molecule has 0 unspecified atom stereocenters. The van der Waals surface area contributed by atoms with Crippen molar-refractivity contribution in [3.63, 3.8) is 0 Å². The zero-order valence-electron chi connectivity index (χ0n) is 8.43. The van der Waals surface area contributed by atoms with Gasteiger partial charge in [0.2, 0.25) is 5.82 Å². The van der Waals surface area contributed by atoms with Crippen LogP contribution in [-0.2, 0) is 0 Å². The molecule has 1 aromatic carbocycles. The van der Waals surface area contributed by atoms with Gasteiger partial charge in [-0.2, -0.15) is 9.65 Å². The maximum absolute atomic E-state index is 13.3. The first-order valence-electron chi connectivity index (χ1n) is 4.99. The number of nitrogens with zero attached hydrogens (tertiary/aromatic N) is 1. The van der Waals surface area contributed by atoms with Crippen LogP contribution in [0.3, 0.4) is 0 Å². The van der Waals surface area contributed by atoms with Crippen LogP contribution in [0.15, 0.2) is 6.07 Å². The lowest BCUT2D eigenvalue weighted by Crippen LogP contribution is -2.14. The number of hydrogen-bond acceptors (Lipinski definition) is 3. The van der Waals surface area contributed by atoms with Crippen molar-refractivity contribution in [3.05, 3.63) is 28.8 Å². The zero-order valence-corrected chi connectivity index (χ0v) is 8.43. The van der Waals surface area contributed by atoms with Gasteiger partial charge in [-0.1, -0.05) is 0 Å². The lowest BCUT2D eigenvalue weighted by Gasteiger charge is -2.13. The van der Waals surface area contributed by atoms with Crippen molar-refractivity contribution in [3.8, 4) is 11.8 Å². The molecular weight excluding hydrogens is 214 g/mol. The molecule has 5 heteroatoms. The van der Waals surface area contributed by atoms with Crippen molar-refractivity contribution in [2.75, 3.05) is 6.54 Å². The highest BCUT2D eigenvalue weighted by Gasteiger charge is 2.25. The molecule has 0 amide bonds. The van der Waals surface area contributed by atoms with Gasteiger partial charge >= 0.3 is 0 Å². The number of hydrogen-bond donors (Lipinski definition) is 2. The van der Waals surface area contributed by atoms with Crippen LogP contribution in [0.25, 0.3) is 0 Å². The van der Waals surface area contributed by atoms with Gasteiger partial charge in [-0.3, -0.25) is 0 Å². The minimum absolute atomic E-state index is 0.206. The van der Waals surface area contributed by atoms with Crippen molar-refractivity contribution >= 4 is 0 Å². The number of nitriles is 1. The Labute approximate surface area is 91.3 Å². The van der Waals surface area contributed by atoms with Gasteiger partial charge in [-0.15, -0.1) is 0 Å². The Morgan fingerprint density at radius 2 is 2.19 bits per heavy atom. The van der Waals surface area contributed by atoms with Crippen LogP contribution >= 0.6 is 0 Å². The second-order valence-electron chi connectivity index (χ2n) is 3.75. The van der Waals surface area contributed by atoms with Crippen LogP contribution in [0, 0.1) is 23.0 Å². The van der Waals surface area contributed by atoms with Gasteiger partial charge in [0, 0.05) is 11.6 Å². The molecule has 2 N–H and O–H groups in total. The molecule has 0 bridgehead atoms. The molecule has 1 aromatic rings. The van der Waals surface area contributed by atoms with Gasteiger partial charge in [0.05, 0.1) is 5.56 Å². The molecule has 3 nitrogen and oxygen atoms in total. The van der Waals surface area contributed by atoms with Crippen LogP contribution in [0.5, 0.6) is 5.75 Å². The topological polar surface area (TPSA) is 56.0 Å². The largest absolute Gasteiger partial charge is 0.505 e. The average molecular weight is 224 g/mol. The van der Waals surface area contributed by atoms with E-state index in [9.17, 15) is 13.9 Å². The highest BCUT2D eigenvalue weighted by atomic mass is 19.2. The van der Waals surface area contributed by atoms with E-state index in [2.05, 4.69) is 5.32 Å². The molecule has 2 rings (SSSR count). The van der Waals surface area contributed by atoms with Gasteiger partial charge in [0.15, 0.2) is 11.6 Å². The van der Waals surface area contributed by atoms with E-state index in [4.69, 9.17) is 5.26 Å². The molecular formula is C11H10F2N2O. The van der Waals surface area contributed by atoms with Crippen LogP contribution < -0.4 is 5.32 Å². The molecule has 1 aliphatic heterocycles. The Morgan fingerprint density at radius 3 is 2.75 bits per heavy atom. The number of phenols is 1. The fourth-order valence-corrected chi connectivity index (χ4v) is 1.93. The number of rotatable bonds is 1. The van der Waals surface area contributed by atoms with Crippen molar-refractivity contribution < 1.29 is 13.9 Å². The Bertz CT molecular complexity index is 462.